The second kappa shape index (κ2) is 6.68. The Hall–Kier alpha value is -3.47. The molecule has 4 rings (SSSR count). The third-order valence-electron chi connectivity index (χ3n) is 4.94. The molecular formula is C22H20N4O. The molecule has 1 heterocycles. The summed E-state index contributed by atoms with van der Waals surface area (Å²) in [5.41, 5.74) is 3.53. The van der Waals surface area contributed by atoms with Crippen molar-refractivity contribution in [1.29, 1.82) is 0 Å². The quantitative estimate of drug-likeness (QED) is 0.607. The first-order valence-electron chi connectivity index (χ1n) is 8.81. The van der Waals surface area contributed by atoms with Gasteiger partial charge in [0.15, 0.2) is 0 Å². The number of carbonyl (C=O) groups is 1. The standard InChI is InChI=1S/C22H20N4O/c1-22(17-9-5-3-6-10-17,18-11-7-4-8-12-18)23-21(27)16-13-14-20-19(15-16)24-25-26(20)2/h3-15H,1-2H3,(H,23,27). The number of fused-ring (bicyclic) bond motifs is 1. The highest BCUT2D eigenvalue weighted by Crippen LogP contribution is 2.29. The molecular weight excluding hydrogens is 336 g/mol. The minimum atomic E-state index is -0.656. The van der Waals surface area contributed by atoms with Crippen molar-refractivity contribution in [3.8, 4) is 0 Å². The fourth-order valence-electron chi connectivity index (χ4n) is 3.34. The van der Waals surface area contributed by atoms with Gasteiger partial charge in [-0.1, -0.05) is 65.9 Å². The molecule has 5 heteroatoms. The van der Waals surface area contributed by atoms with Crippen LogP contribution in [0.5, 0.6) is 0 Å². The number of carbonyl (C=O) groups excluding carboxylic acids is 1. The van der Waals surface area contributed by atoms with Gasteiger partial charge >= 0.3 is 0 Å². The number of aryl methyl sites for hydroxylation is 1. The molecule has 1 N–H and O–H groups in total. The molecule has 0 fully saturated rings. The average molecular weight is 356 g/mol. The molecule has 0 aliphatic carbocycles. The van der Waals surface area contributed by atoms with Gasteiger partial charge in [0.05, 0.1) is 11.1 Å². The summed E-state index contributed by atoms with van der Waals surface area (Å²) in [6.07, 6.45) is 0. The predicted octanol–water partition coefficient (Wildman–Crippen LogP) is 3.66. The largest absolute Gasteiger partial charge is 0.339 e. The molecule has 4 aromatic rings. The summed E-state index contributed by atoms with van der Waals surface area (Å²) in [5.74, 6) is -0.155. The molecule has 5 nitrogen and oxygen atoms in total. The lowest BCUT2D eigenvalue weighted by atomic mass is 9.84. The molecule has 1 amide bonds. The fraction of sp³-hybridized carbons (Fsp3) is 0.136. The van der Waals surface area contributed by atoms with Gasteiger partial charge in [-0.15, -0.1) is 5.10 Å². The van der Waals surface area contributed by atoms with Crippen molar-refractivity contribution in [2.45, 2.75) is 12.5 Å². The maximum absolute atomic E-state index is 13.1. The molecule has 0 bridgehead atoms. The second-order valence-electron chi connectivity index (χ2n) is 6.73. The van der Waals surface area contributed by atoms with Gasteiger partial charge in [0.2, 0.25) is 0 Å². The van der Waals surface area contributed by atoms with E-state index in [1.165, 1.54) is 0 Å². The SMILES string of the molecule is Cn1nnc2cc(C(=O)NC(C)(c3ccccc3)c3ccccc3)ccc21. The Balaban J connectivity index is 1.73. The number of aromatic nitrogens is 3. The van der Waals surface area contributed by atoms with Gasteiger partial charge in [0, 0.05) is 12.6 Å². The molecule has 3 aromatic carbocycles. The van der Waals surface area contributed by atoms with Crippen molar-refractivity contribution >= 4 is 16.9 Å². The topological polar surface area (TPSA) is 59.8 Å². The van der Waals surface area contributed by atoms with Crippen LogP contribution in [0.15, 0.2) is 78.9 Å². The van der Waals surface area contributed by atoms with Crippen molar-refractivity contribution in [2.75, 3.05) is 0 Å². The van der Waals surface area contributed by atoms with Gasteiger partial charge in [-0.2, -0.15) is 0 Å². The Labute approximate surface area is 157 Å². The maximum atomic E-state index is 13.1. The van der Waals surface area contributed by atoms with Crippen LogP contribution in [0.3, 0.4) is 0 Å². The van der Waals surface area contributed by atoms with Crippen LogP contribution >= 0.6 is 0 Å². The van der Waals surface area contributed by atoms with Crippen molar-refractivity contribution < 1.29 is 4.79 Å². The van der Waals surface area contributed by atoms with E-state index in [0.29, 0.717) is 11.1 Å². The van der Waals surface area contributed by atoms with E-state index in [9.17, 15) is 4.79 Å². The molecule has 1 aromatic heterocycles. The zero-order valence-corrected chi connectivity index (χ0v) is 15.3. The molecule has 0 aliphatic rings. The Bertz CT molecular complexity index is 1050. The minimum Gasteiger partial charge on any atom is -0.339 e. The van der Waals surface area contributed by atoms with Crippen molar-refractivity contribution in [1.82, 2.24) is 20.3 Å². The minimum absolute atomic E-state index is 0.155. The van der Waals surface area contributed by atoms with E-state index in [4.69, 9.17) is 0 Å². The lowest BCUT2D eigenvalue weighted by Crippen LogP contribution is -2.44. The highest BCUT2D eigenvalue weighted by Gasteiger charge is 2.31. The van der Waals surface area contributed by atoms with Gasteiger partial charge < -0.3 is 5.32 Å². The first-order valence-corrected chi connectivity index (χ1v) is 8.81. The second-order valence-corrected chi connectivity index (χ2v) is 6.73. The molecule has 0 atom stereocenters. The number of rotatable bonds is 4. The Morgan fingerprint density at radius 2 is 1.52 bits per heavy atom. The van der Waals surface area contributed by atoms with Crippen LogP contribution in [0, 0.1) is 0 Å². The molecule has 0 aliphatic heterocycles. The van der Waals surface area contributed by atoms with Crippen molar-refractivity contribution in [2.24, 2.45) is 7.05 Å². The van der Waals surface area contributed by atoms with Crippen LogP contribution in [0.4, 0.5) is 0 Å². The Morgan fingerprint density at radius 3 is 2.11 bits per heavy atom. The first kappa shape index (κ1) is 17.0. The molecule has 134 valence electrons. The summed E-state index contributed by atoms with van der Waals surface area (Å²) in [6, 6.07) is 25.4. The highest BCUT2D eigenvalue weighted by molar-refractivity contribution is 5.98. The van der Waals surface area contributed by atoms with E-state index >= 15 is 0 Å². The number of benzene rings is 3. The summed E-state index contributed by atoms with van der Waals surface area (Å²) < 4.78 is 1.69. The third kappa shape index (κ3) is 3.08. The van der Waals surface area contributed by atoms with Crippen LogP contribution < -0.4 is 5.32 Å². The molecule has 0 spiro atoms. The monoisotopic (exact) mass is 356 g/mol. The van der Waals surface area contributed by atoms with Crippen LogP contribution in [0.2, 0.25) is 0 Å². The summed E-state index contributed by atoms with van der Waals surface area (Å²) in [7, 11) is 1.83. The number of amides is 1. The fourth-order valence-corrected chi connectivity index (χ4v) is 3.34. The third-order valence-corrected chi connectivity index (χ3v) is 4.94. The molecule has 0 unspecified atom stereocenters. The summed E-state index contributed by atoms with van der Waals surface area (Å²) in [4.78, 5) is 13.1. The number of nitrogens with one attached hydrogen (secondary N) is 1. The van der Waals surface area contributed by atoms with E-state index in [1.54, 1.807) is 16.8 Å². The van der Waals surface area contributed by atoms with Gasteiger partial charge in [0.25, 0.3) is 5.91 Å². The summed E-state index contributed by atoms with van der Waals surface area (Å²) in [6.45, 7) is 2.02. The molecule has 0 saturated heterocycles. The Morgan fingerprint density at radius 1 is 0.926 bits per heavy atom. The normalized spacial score (nSPS) is 11.5. The average Bonchev–Trinajstić information content (AvgIpc) is 3.09. The van der Waals surface area contributed by atoms with E-state index in [-0.39, 0.29) is 5.91 Å². The van der Waals surface area contributed by atoms with E-state index in [0.717, 1.165) is 16.6 Å². The van der Waals surface area contributed by atoms with Gasteiger partial charge in [-0.05, 0) is 36.2 Å². The van der Waals surface area contributed by atoms with Gasteiger partial charge in [-0.25, -0.2) is 4.68 Å². The zero-order chi connectivity index (χ0) is 18.9. The van der Waals surface area contributed by atoms with E-state index in [2.05, 4.69) is 15.6 Å². The Kier molecular flexibility index (Phi) is 4.20. The van der Waals surface area contributed by atoms with Crippen molar-refractivity contribution in [3.05, 3.63) is 95.6 Å². The first-order chi connectivity index (χ1) is 13.1. The van der Waals surface area contributed by atoms with Crippen molar-refractivity contribution in [3.63, 3.8) is 0 Å². The lowest BCUT2D eigenvalue weighted by Gasteiger charge is -2.32. The molecule has 0 radical (unpaired) electrons. The summed E-state index contributed by atoms with van der Waals surface area (Å²) >= 11 is 0. The van der Waals surface area contributed by atoms with E-state index < -0.39 is 5.54 Å². The lowest BCUT2D eigenvalue weighted by molar-refractivity contribution is 0.0919. The predicted molar refractivity (Wildman–Crippen MR) is 105 cm³/mol. The highest BCUT2D eigenvalue weighted by atomic mass is 16.1. The smallest absolute Gasteiger partial charge is 0.252 e. The number of hydrogen-bond donors (Lipinski definition) is 1. The van der Waals surface area contributed by atoms with Crippen LogP contribution in [0.1, 0.15) is 28.4 Å². The van der Waals surface area contributed by atoms with Gasteiger partial charge in [-0.3, -0.25) is 4.79 Å². The molecule has 27 heavy (non-hydrogen) atoms. The van der Waals surface area contributed by atoms with Crippen LogP contribution in [-0.2, 0) is 12.6 Å². The summed E-state index contributed by atoms with van der Waals surface area (Å²) in [5, 5.41) is 11.3. The van der Waals surface area contributed by atoms with Crippen LogP contribution in [-0.4, -0.2) is 20.9 Å². The van der Waals surface area contributed by atoms with E-state index in [1.807, 2.05) is 80.7 Å². The van der Waals surface area contributed by atoms with Crippen LogP contribution in [0.25, 0.3) is 11.0 Å². The zero-order valence-electron chi connectivity index (χ0n) is 15.3. The number of hydrogen-bond acceptors (Lipinski definition) is 3. The van der Waals surface area contributed by atoms with Gasteiger partial charge in [0.1, 0.15) is 5.52 Å². The number of nitrogens with zero attached hydrogens (tertiary/aromatic N) is 3. The maximum Gasteiger partial charge on any atom is 0.252 e. The molecule has 0 saturated carbocycles.